The molecule has 2 unspecified atom stereocenters. The molecule has 0 fully saturated rings. The van der Waals surface area contributed by atoms with Crippen LogP contribution in [0.3, 0.4) is 0 Å². The van der Waals surface area contributed by atoms with E-state index in [1.54, 1.807) is 6.33 Å². The summed E-state index contributed by atoms with van der Waals surface area (Å²) >= 11 is 0. The van der Waals surface area contributed by atoms with Gasteiger partial charge < -0.3 is 5.32 Å². The quantitative estimate of drug-likeness (QED) is 0.779. The van der Waals surface area contributed by atoms with E-state index in [-0.39, 0.29) is 0 Å². The second-order valence-electron chi connectivity index (χ2n) is 4.14. The van der Waals surface area contributed by atoms with Crippen LogP contribution in [-0.2, 0) is 0 Å². The zero-order valence-corrected chi connectivity index (χ0v) is 9.90. The van der Waals surface area contributed by atoms with Crippen molar-refractivity contribution >= 4 is 0 Å². The van der Waals surface area contributed by atoms with Crippen molar-refractivity contribution in [3.63, 3.8) is 0 Å². The number of nitrogens with zero attached hydrogens (tertiary/aromatic N) is 2. The van der Waals surface area contributed by atoms with E-state index >= 15 is 0 Å². The summed E-state index contributed by atoms with van der Waals surface area (Å²) in [5.41, 5.74) is 1.18. The third kappa shape index (κ3) is 3.96. The molecule has 0 saturated heterocycles. The number of hydrogen-bond donors (Lipinski definition) is 1. The smallest absolute Gasteiger partial charge is 0.115 e. The van der Waals surface area contributed by atoms with Gasteiger partial charge in [-0.2, -0.15) is 0 Å². The van der Waals surface area contributed by atoms with Crippen molar-refractivity contribution in [3.8, 4) is 0 Å². The van der Waals surface area contributed by atoms with Crippen molar-refractivity contribution in [1.82, 2.24) is 15.3 Å². The minimum Gasteiger partial charge on any atom is -0.313 e. The molecule has 3 heteroatoms. The Balaban J connectivity index is 2.56. The molecule has 1 N–H and O–H groups in total. The molecule has 0 spiro atoms. The highest BCUT2D eigenvalue weighted by molar-refractivity contribution is 5.08. The SMILES string of the molecule is CCCC(C)CC(NC)c1cncnc1. The number of nitrogens with one attached hydrogen (secondary N) is 1. The van der Waals surface area contributed by atoms with Crippen molar-refractivity contribution in [2.45, 2.75) is 39.2 Å². The zero-order valence-electron chi connectivity index (χ0n) is 9.90. The molecule has 84 valence electrons. The normalized spacial score (nSPS) is 14.9. The molecule has 0 radical (unpaired) electrons. The molecule has 0 aliphatic heterocycles. The Morgan fingerprint density at radius 2 is 2.00 bits per heavy atom. The summed E-state index contributed by atoms with van der Waals surface area (Å²) in [6.07, 6.45) is 9.05. The van der Waals surface area contributed by atoms with E-state index in [0.29, 0.717) is 6.04 Å². The lowest BCUT2D eigenvalue weighted by molar-refractivity contribution is 0.405. The number of hydrogen-bond acceptors (Lipinski definition) is 3. The largest absolute Gasteiger partial charge is 0.313 e. The van der Waals surface area contributed by atoms with Crippen molar-refractivity contribution in [2.24, 2.45) is 5.92 Å². The molecular weight excluding hydrogens is 186 g/mol. The maximum atomic E-state index is 4.06. The molecule has 3 nitrogen and oxygen atoms in total. The lowest BCUT2D eigenvalue weighted by atomic mass is 9.94. The van der Waals surface area contributed by atoms with Gasteiger partial charge in [-0.3, -0.25) is 0 Å². The summed E-state index contributed by atoms with van der Waals surface area (Å²) in [5, 5.41) is 3.33. The van der Waals surface area contributed by atoms with E-state index in [2.05, 4.69) is 29.1 Å². The Labute approximate surface area is 92.3 Å². The lowest BCUT2D eigenvalue weighted by Crippen LogP contribution is -2.19. The molecule has 1 aromatic heterocycles. The Bertz CT molecular complexity index is 261. The third-order valence-electron chi connectivity index (χ3n) is 2.75. The topological polar surface area (TPSA) is 37.8 Å². The Hall–Kier alpha value is -0.960. The van der Waals surface area contributed by atoms with Crippen LogP contribution in [0.1, 0.15) is 44.7 Å². The first-order valence-corrected chi connectivity index (χ1v) is 5.70. The summed E-state index contributed by atoms with van der Waals surface area (Å²) in [7, 11) is 2.00. The first-order chi connectivity index (χ1) is 7.27. The Morgan fingerprint density at radius 1 is 1.33 bits per heavy atom. The van der Waals surface area contributed by atoms with Crippen LogP contribution in [0.2, 0.25) is 0 Å². The molecule has 0 bridgehead atoms. The molecule has 1 heterocycles. The van der Waals surface area contributed by atoms with Crippen LogP contribution in [-0.4, -0.2) is 17.0 Å². The maximum Gasteiger partial charge on any atom is 0.115 e. The second-order valence-corrected chi connectivity index (χ2v) is 4.14. The van der Waals surface area contributed by atoms with Crippen LogP contribution in [0.5, 0.6) is 0 Å². The fourth-order valence-corrected chi connectivity index (χ4v) is 1.92. The van der Waals surface area contributed by atoms with Crippen LogP contribution in [0.25, 0.3) is 0 Å². The first kappa shape index (κ1) is 12.1. The van der Waals surface area contributed by atoms with E-state index in [9.17, 15) is 0 Å². The Kier molecular flexibility index (Phi) is 5.26. The molecule has 15 heavy (non-hydrogen) atoms. The predicted molar refractivity (Wildman–Crippen MR) is 62.5 cm³/mol. The molecule has 0 aliphatic carbocycles. The van der Waals surface area contributed by atoms with Gasteiger partial charge in [-0.25, -0.2) is 9.97 Å². The van der Waals surface area contributed by atoms with Crippen LogP contribution < -0.4 is 5.32 Å². The van der Waals surface area contributed by atoms with Crippen LogP contribution in [0.15, 0.2) is 18.7 Å². The van der Waals surface area contributed by atoms with E-state index in [1.165, 1.54) is 18.4 Å². The fourth-order valence-electron chi connectivity index (χ4n) is 1.92. The second kappa shape index (κ2) is 6.51. The van der Waals surface area contributed by atoms with Gasteiger partial charge in [-0.05, 0) is 19.4 Å². The van der Waals surface area contributed by atoms with Gasteiger partial charge in [0.1, 0.15) is 6.33 Å². The molecule has 0 aromatic carbocycles. The van der Waals surface area contributed by atoms with Gasteiger partial charge in [-0.1, -0.05) is 26.7 Å². The van der Waals surface area contributed by atoms with E-state index < -0.39 is 0 Å². The molecule has 1 rings (SSSR count). The summed E-state index contributed by atoms with van der Waals surface area (Å²) < 4.78 is 0. The van der Waals surface area contributed by atoms with Gasteiger partial charge in [0.2, 0.25) is 0 Å². The van der Waals surface area contributed by atoms with E-state index in [0.717, 1.165) is 12.3 Å². The molecule has 1 aromatic rings. The highest BCUT2D eigenvalue weighted by atomic mass is 14.9. The zero-order chi connectivity index (χ0) is 11.1. The molecule has 0 aliphatic rings. The van der Waals surface area contributed by atoms with Gasteiger partial charge in [0.15, 0.2) is 0 Å². The molecule has 0 amide bonds. The van der Waals surface area contributed by atoms with Crippen molar-refractivity contribution in [1.29, 1.82) is 0 Å². The highest BCUT2D eigenvalue weighted by Gasteiger charge is 2.13. The predicted octanol–water partition coefficient (Wildman–Crippen LogP) is 2.56. The molecular formula is C12H21N3. The van der Waals surface area contributed by atoms with E-state index in [1.807, 2.05) is 19.4 Å². The van der Waals surface area contributed by atoms with E-state index in [4.69, 9.17) is 0 Å². The highest BCUT2D eigenvalue weighted by Crippen LogP contribution is 2.22. The summed E-state index contributed by atoms with van der Waals surface area (Å²) in [6, 6.07) is 0.382. The Morgan fingerprint density at radius 3 is 2.53 bits per heavy atom. The monoisotopic (exact) mass is 207 g/mol. The van der Waals surface area contributed by atoms with Gasteiger partial charge in [0.05, 0.1) is 0 Å². The minimum atomic E-state index is 0.382. The lowest BCUT2D eigenvalue weighted by Gasteiger charge is -2.19. The van der Waals surface area contributed by atoms with Crippen LogP contribution >= 0.6 is 0 Å². The molecule has 2 atom stereocenters. The standard InChI is InChI=1S/C12H21N3/c1-4-5-10(2)6-12(13-3)11-7-14-9-15-8-11/h7-10,12-13H,4-6H2,1-3H3. The summed E-state index contributed by atoms with van der Waals surface area (Å²) in [4.78, 5) is 8.11. The summed E-state index contributed by atoms with van der Waals surface area (Å²) in [5.74, 6) is 0.743. The van der Waals surface area contributed by atoms with Crippen molar-refractivity contribution in [3.05, 3.63) is 24.3 Å². The van der Waals surface area contributed by atoms with Gasteiger partial charge in [0, 0.05) is 24.0 Å². The average Bonchev–Trinajstić information content (AvgIpc) is 2.27. The third-order valence-corrected chi connectivity index (χ3v) is 2.75. The first-order valence-electron chi connectivity index (χ1n) is 5.70. The average molecular weight is 207 g/mol. The van der Waals surface area contributed by atoms with Crippen LogP contribution in [0, 0.1) is 5.92 Å². The van der Waals surface area contributed by atoms with Gasteiger partial charge >= 0.3 is 0 Å². The van der Waals surface area contributed by atoms with Gasteiger partial charge in [0.25, 0.3) is 0 Å². The maximum absolute atomic E-state index is 4.06. The van der Waals surface area contributed by atoms with Gasteiger partial charge in [-0.15, -0.1) is 0 Å². The van der Waals surface area contributed by atoms with Crippen LogP contribution in [0.4, 0.5) is 0 Å². The van der Waals surface area contributed by atoms with Crippen molar-refractivity contribution in [2.75, 3.05) is 7.05 Å². The van der Waals surface area contributed by atoms with Crippen molar-refractivity contribution < 1.29 is 0 Å². The molecule has 0 saturated carbocycles. The number of rotatable bonds is 6. The minimum absolute atomic E-state index is 0.382. The fraction of sp³-hybridized carbons (Fsp3) is 0.667. The summed E-state index contributed by atoms with van der Waals surface area (Å²) in [6.45, 7) is 4.54. The number of aromatic nitrogens is 2.